The Morgan fingerprint density at radius 1 is 1.26 bits per heavy atom. The highest BCUT2D eigenvalue weighted by molar-refractivity contribution is 8.02. The van der Waals surface area contributed by atoms with Crippen LogP contribution in [0.2, 0.25) is 0 Å². The van der Waals surface area contributed by atoms with Crippen LogP contribution >= 0.6 is 11.8 Å². The molecule has 0 saturated heterocycles. The summed E-state index contributed by atoms with van der Waals surface area (Å²) in [4.78, 5) is 17.7. The number of thioether (sulfide) groups is 1. The predicted molar refractivity (Wildman–Crippen MR) is 119 cm³/mol. The Morgan fingerprint density at radius 2 is 2.00 bits per heavy atom. The quantitative estimate of drug-likeness (QED) is 0.694. The molecule has 1 aliphatic carbocycles. The van der Waals surface area contributed by atoms with Gasteiger partial charge in [-0.1, -0.05) is 54.4 Å². The topological polar surface area (TPSA) is 104 Å². The molecule has 2 aromatic rings. The zero-order valence-electron chi connectivity index (χ0n) is 17.7. The molecule has 2 N–H and O–H groups in total. The maximum absolute atomic E-state index is 13.4. The van der Waals surface area contributed by atoms with Gasteiger partial charge in [0, 0.05) is 22.4 Å². The molecule has 0 atom stereocenters. The monoisotopic (exact) mass is 435 g/mol. The van der Waals surface area contributed by atoms with Gasteiger partial charge in [0.15, 0.2) is 5.82 Å². The molecule has 1 amide bonds. The highest BCUT2D eigenvalue weighted by Gasteiger charge is 2.47. The molecular formula is C23H25N5O2S. The normalized spacial score (nSPS) is 18.0. The minimum absolute atomic E-state index is 0.151. The lowest BCUT2D eigenvalue weighted by molar-refractivity contribution is -0.114. The molecule has 160 valence electrons. The molecule has 1 aliphatic heterocycles. The van der Waals surface area contributed by atoms with E-state index in [9.17, 15) is 10.1 Å². The Hall–Kier alpha value is -3.05. The van der Waals surface area contributed by atoms with Crippen molar-refractivity contribution in [1.29, 1.82) is 5.26 Å². The fraction of sp³-hybridized carbons (Fsp3) is 0.391. The van der Waals surface area contributed by atoms with E-state index in [1.807, 2.05) is 37.3 Å². The van der Waals surface area contributed by atoms with Crippen molar-refractivity contribution in [3.8, 4) is 6.07 Å². The van der Waals surface area contributed by atoms with Gasteiger partial charge in [-0.05, 0) is 38.8 Å². The average molecular weight is 436 g/mol. The third-order valence-electron chi connectivity index (χ3n) is 5.85. The average Bonchev–Trinajstić information content (AvgIpc) is 3.18. The van der Waals surface area contributed by atoms with Crippen molar-refractivity contribution >= 4 is 23.4 Å². The molecular weight excluding hydrogens is 410 g/mol. The van der Waals surface area contributed by atoms with Gasteiger partial charge in [0.05, 0.1) is 22.4 Å². The molecule has 1 fully saturated rings. The molecule has 0 radical (unpaired) electrons. The highest BCUT2D eigenvalue weighted by Crippen LogP contribution is 2.53. The second kappa shape index (κ2) is 8.98. The lowest BCUT2D eigenvalue weighted by Crippen LogP contribution is -2.41. The first-order chi connectivity index (χ1) is 15.0. The Balaban J connectivity index is 1.67. The van der Waals surface area contributed by atoms with Crippen LogP contribution in [0, 0.1) is 23.7 Å². The molecule has 0 bridgehead atoms. The van der Waals surface area contributed by atoms with Crippen LogP contribution < -0.4 is 10.6 Å². The first kappa shape index (κ1) is 21.2. The van der Waals surface area contributed by atoms with E-state index in [0.717, 1.165) is 48.5 Å². The van der Waals surface area contributed by atoms with Gasteiger partial charge in [-0.3, -0.25) is 4.79 Å². The number of nitrogens with zero attached hydrogens (tertiary/aromatic N) is 3. The summed E-state index contributed by atoms with van der Waals surface area (Å²) >= 11 is 1.47. The van der Waals surface area contributed by atoms with Crippen molar-refractivity contribution in [2.75, 3.05) is 5.32 Å². The molecule has 1 aromatic carbocycles. The van der Waals surface area contributed by atoms with Crippen LogP contribution in [0.1, 0.15) is 50.7 Å². The number of dihydropyridines is 1. The number of benzene rings is 1. The van der Waals surface area contributed by atoms with E-state index in [-0.39, 0.29) is 5.91 Å². The van der Waals surface area contributed by atoms with E-state index in [0.29, 0.717) is 28.6 Å². The number of nitriles is 1. The summed E-state index contributed by atoms with van der Waals surface area (Å²) in [5.74, 6) is 1.41. The number of para-hydroxylation sites is 1. The van der Waals surface area contributed by atoms with E-state index in [4.69, 9.17) is 4.52 Å². The van der Waals surface area contributed by atoms with Crippen molar-refractivity contribution in [3.05, 3.63) is 63.9 Å². The standard InChI is InChI=1S/C23H25N5O2S/c1-15-20(21(29)27-17-9-5-3-6-10-17)23(11-7-4-8-12-23)18(13-24)22(25-15)31-14-19-26-16(2)28-30-19/h3,5-6,9-10,25H,4,7-8,11-12,14H2,1-2H3,(H,27,29). The minimum Gasteiger partial charge on any atom is -0.353 e. The number of carbonyl (C=O) groups is 1. The Bertz CT molecular complexity index is 1070. The summed E-state index contributed by atoms with van der Waals surface area (Å²) in [7, 11) is 0. The van der Waals surface area contributed by atoms with Gasteiger partial charge in [-0.15, -0.1) is 0 Å². The van der Waals surface area contributed by atoms with Gasteiger partial charge in [0.1, 0.15) is 0 Å². The van der Waals surface area contributed by atoms with E-state index in [1.165, 1.54) is 11.8 Å². The van der Waals surface area contributed by atoms with Crippen LogP contribution in [0.25, 0.3) is 0 Å². The number of nitrogens with one attached hydrogen (secondary N) is 2. The van der Waals surface area contributed by atoms with Gasteiger partial charge in [0.2, 0.25) is 5.89 Å². The Kier molecular flexibility index (Phi) is 6.14. The van der Waals surface area contributed by atoms with Crippen LogP contribution in [0.4, 0.5) is 5.69 Å². The van der Waals surface area contributed by atoms with Crippen LogP contribution in [-0.2, 0) is 10.5 Å². The lowest BCUT2D eigenvalue weighted by atomic mass is 9.63. The first-order valence-electron chi connectivity index (χ1n) is 10.4. The molecule has 2 heterocycles. The zero-order valence-corrected chi connectivity index (χ0v) is 18.5. The maximum atomic E-state index is 13.4. The van der Waals surface area contributed by atoms with Crippen LogP contribution in [0.5, 0.6) is 0 Å². The van der Waals surface area contributed by atoms with Crippen LogP contribution in [-0.4, -0.2) is 16.0 Å². The number of aromatic nitrogens is 2. The van der Waals surface area contributed by atoms with Gasteiger partial charge in [-0.25, -0.2) is 0 Å². The van der Waals surface area contributed by atoms with Crippen molar-refractivity contribution < 1.29 is 9.32 Å². The van der Waals surface area contributed by atoms with Gasteiger partial charge in [-0.2, -0.15) is 10.2 Å². The lowest BCUT2D eigenvalue weighted by Gasteiger charge is -2.43. The number of allylic oxidation sites excluding steroid dienone is 2. The SMILES string of the molecule is CC1=C(C(=O)Nc2ccccc2)C2(CCCCC2)C(C#N)=C(SCc2nc(C)no2)N1. The number of rotatable bonds is 5. The molecule has 1 saturated carbocycles. The predicted octanol–water partition coefficient (Wildman–Crippen LogP) is 4.81. The van der Waals surface area contributed by atoms with Crippen molar-refractivity contribution in [2.24, 2.45) is 5.41 Å². The third kappa shape index (κ3) is 4.23. The van der Waals surface area contributed by atoms with E-state index >= 15 is 0 Å². The molecule has 31 heavy (non-hydrogen) atoms. The molecule has 1 spiro atoms. The second-order valence-electron chi connectivity index (χ2n) is 7.93. The Labute approximate surface area is 186 Å². The smallest absolute Gasteiger partial charge is 0.254 e. The largest absolute Gasteiger partial charge is 0.353 e. The fourth-order valence-corrected chi connectivity index (χ4v) is 5.55. The number of carbonyl (C=O) groups excluding carboxylic acids is 1. The summed E-state index contributed by atoms with van der Waals surface area (Å²) in [6, 6.07) is 11.9. The minimum atomic E-state index is -0.575. The summed E-state index contributed by atoms with van der Waals surface area (Å²) in [5.41, 5.74) is 2.27. The fourth-order valence-electron chi connectivity index (χ4n) is 4.55. The first-order valence-corrected chi connectivity index (χ1v) is 11.4. The highest BCUT2D eigenvalue weighted by atomic mass is 32.2. The van der Waals surface area contributed by atoms with Gasteiger partial charge in [0.25, 0.3) is 5.91 Å². The molecule has 2 aliphatic rings. The van der Waals surface area contributed by atoms with Gasteiger partial charge >= 0.3 is 0 Å². The van der Waals surface area contributed by atoms with E-state index < -0.39 is 5.41 Å². The van der Waals surface area contributed by atoms with Crippen molar-refractivity contribution in [1.82, 2.24) is 15.5 Å². The Morgan fingerprint density at radius 3 is 2.65 bits per heavy atom. The van der Waals surface area contributed by atoms with E-state index in [1.54, 1.807) is 6.92 Å². The molecule has 7 nitrogen and oxygen atoms in total. The molecule has 1 aromatic heterocycles. The van der Waals surface area contributed by atoms with Crippen LogP contribution in [0.15, 0.2) is 56.7 Å². The summed E-state index contributed by atoms with van der Waals surface area (Å²) < 4.78 is 5.22. The van der Waals surface area contributed by atoms with E-state index in [2.05, 4.69) is 26.8 Å². The summed E-state index contributed by atoms with van der Waals surface area (Å²) in [6.45, 7) is 3.69. The molecule has 8 heteroatoms. The number of aryl methyl sites for hydroxylation is 1. The summed E-state index contributed by atoms with van der Waals surface area (Å²) in [5, 5.41) is 21.1. The maximum Gasteiger partial charge on any atom is 0.254 e. The van der Waals surface area contributed by atoms with Crippen molar-refractivity contribution in [3.63, 3.8) is 0 Å². The molecule has 4 rings (SSSR count). The van der Waals surface area contributed by atoms with Gasteiger partial charge < -0.3 is 15.2 Å². The number of hydrogen-bond acceptors (Lipinski definition) is 7. The second-order valence-corrected chi connectivity index (χ2v) is 8.91. The van der Waals surface area contributed by atoms with Crippen molar-refractivity contribution in [2.45, 2.75) is 51.7 Å². The number of anilines is 1. The zero-order chi connectivity index (χ0) is 21.8. The third-order valence-corrected chi connectivity index (χ3v) is 6.83. The number of amides is 1. The summed E-state index contributed by atoms with van der Waals surface area (Å²) in [6.07, 6.45) is 4.67. The molecule has 0 unspecified atom stereocenters. The number of hydrogen-bond donors (Lipinski definition) is 2. The van der Waals surface area contributed by atoms with Crippen LogP contribution in [0.3, 0.4) is 0 Å².